The highest BCUT2D eigenvalue weighted by Gasteiger charge is 2.07. The van der Waals surface area contributed by atoms with Crippen molar-refractivity contribution < 1.29 is 14.2 Å². The number of hydrogen-bond acceptors (Lipinski definition) is 4. The second kappa shape index (κ2) is 10.7. The molecule has 1 aromatic carbocycles. The van der Waals surface area contributed by atoms with Crippen LogP contribution in [0.3, 0.4) is 0 Å². The molecule has 1 aromatic rings. The normalized spacial score (nSPS) is 12.3. The first-order chi connectivity index (χ1) is 9.77. The molecule has 4 nitrogen and oxygen atoms in total. The maximum absolute atomic E-state index is 6.00. The van der Waals surface area contributed by atoms with E-state index >= 15 is 0 Å². The van der Waals surface area contributed by atoms with Crippen molar-refractivity contribution in [2.24, 2.45) is 5.73 Å². The van der Waals surface area contributed by atoms with Crippen LogP contribution in [0.15, 0.2) is 24.3 Å². The minimum absolute atomic E-state index is 0.185. The third-order valence-electron chi connectivity index (χ3n) is 3.10. The van der Waals surface area contributed by atoms with Gasteiger partial charge < -0.3 is 19.9 Å². The van der Waals surface area contributed by atoms with E-state index in [0.717, 1.165) is 31.6 Å². The SMILES string of the molecule is CCC(N)Cc1ccccc1OCCOCCCOC. The summed E-state index contributed by atoms with van der Waals surface area (Å²) in [5.74, 6) is 0.914. The highest BCUT2D eigenvalue weighted by Crippen LogP contribution is 2.19. The van der Waals surface area contributed by atoms with Gasteiger partial charge in [-0.3, -0.25) is 0 Å². The maximum atomic E-state index is 6.00. The molecule has 20 heavy (non-hydrogen) atoms. The summed E-state index contributed by atoms with van der Waals surface area (Å²) in [5.41, 5.74) is 7.17. The van der Waals surface area contributed by atoms with Crippen LogP contribution in [-0.2, 0) is 15.9 Å². The van der Waals surface area contributed by atoms with Gasteiger partial charge in [-0.15, -0.1) is 0 Å². The summed E-state index contributed by atoms with van der Waals surface area (Å²) in [5, 5.41) is 0. The molecule has 1 rings (SSSR count). The lowest BCUT2D eigenvalue weighted by Crippen LogP contribution is -2.22. The minimum Gasteiger partial charge on any atom is -0.491 e. The molecular weight excluding hydrogens is 254 g/mol. The Kier molecular flexibility index (Phi) is 9.04. The zero-order valence-corrected chi connectivity index (χ0v) is 12.6. The van der Waals surface area contributed by atoms with E-state index in [-0.39, 0.29) is 6.04 Å². The standard InChI is InChI=1S/C16H27NO3/c1-3-15(17)13-14-7-4-5-8-16(14)20-12-11-19-10-6-9-18-2/h4-5,7-8,15H,3,6,9-13,17H2,1-2H3. The maximum Gasteiger partial charge on any atom is 0.122 e. The fraction of sp³-hybridized carbons (Fsp3) is 0.625. The predicted octanol–water partition coefficient (Wildman–Crippen LogP) is 2.40. The molecule has 114 valence electrons. The zero-order chi connectivity index (χ0) is 14.6. The average molecular weight is 281 g/mol. The van der Waals surface area contributed by atoms with Crippen molar-refractivity contribution in [1.29, 1.82) is 0 Å². The van der Waals surface area contributed by atoms with Gasteiger partial charge in [-0.25, -0.2) is 0 Å². The number of methoxy groups -OCH3 is 1. The van der Waals surface area contributed by atoms with Crippen LogP contribution < -0.4 is 10.5 Å². The van der Waals surface area contributed by atoms with Gasteiger partial charge in [-0.2, -0.15) is 0 Å². The van der Waals surface area contributed by atoms with Gasteiger partial charge in [0.2, 0.25) is 0 Å². The molecule has 0 amide bonds. The van der Waals surface area contributed by atoms with Crippen molar-refractivity contribution >= 4 is 0 Å². The Hall–Kier alpha value is -1.10. The minimum atomic E-state index is 0.185. The van der Waals surface area contributed by atoms with Crippen LogP contribution in [-0.4, -0.2) is 39.6 Å². The number of para-hydroxylation sites is 1. The van der Waals surface area contributed by atoms with Crippen LogP contribution >= 0.6 is 0 Å². The van der Waals surface area contributed by atoms with Gasteiger partial charge in [-0.1, -0.05) is 25.1 Å². The van der Waals surface area contributed by atoms with E-state index in [4.69, 9.17) is 19.9 Å². The van der Waals surface area contributed by atoms with Crippen molar-refractivity contribution in [3.63, 3.8) is 0 Å². The number of hydrogen-bond donors (Lipinski definition) is 1. The summed E-state index contributed by atoms with van der Waals surface area (Å²) in [6, 6.07) is 8.25. The van der Waals surface area contributed by atoms with Crippen molar-refractivity contribution in [3.05, 3.63) is 29.8 Å². The molecule has 0 fully saturated rings. The number of benzene rings is 1. The predicted molar refractivity (Wildman–Crippen MR) is 81.2 cm³/mol. The fourth-order valence-corrected chi connectivity index (χ4v) is 1.86. The summed E-state index contributed by atoms with van der Waals surface area (Å²) < 4.78 is 16.2. The molecule has 0 aliphatic rings. The van der Waals surface area contributed by atoms with Crippen molar-refractivity contribution in [3.8, 4) is 5.75 Å². The largest absolute Gasteiger partial charge is 0.491 e. The van der Waals surface area contributed by atoms with Crippen LogP contribution in [0, 0.1) is 0 Å². The fourth-order valence-electron chi connectivity index (χ4n) is 1.86. The molecule has 1 unspecified atom stereocenters. The molecular formula is C16H27NO3. The quantitative estimate of drug-likeness (QED) is 0.633. The van der Waals surface area contributed by atoms with E-state index in [0.29, 0.717) is 19.8 Å². The summed E-state index contributed by atoms with van der Waals surface area (Å²) in [6.07, 6.45) is 2.73. The highest BCUT2D eigenvalue weighted by atomic mass is 16.5. The number of rotatable bonds is 11. The molecule has 0 bridgehead atoms. The van der Waals surface area contributed by atoms with Crippen molar-refractivity contribution in [1.82, 2.24) is 0 Å². The smallest absolute Gasteiger partial charge is 0.122 e. The van der Waals surface area contributed by atoms with Crippen LogP contribution in [0.4, 0.5) is 0 Å². The molecule has 0 aromatic heterocycles. The Bertz CT molecular complexity index is 357. The summed E-state index contributed by atoms with van der Waals surface area (Å²) in [6.45, 7) is 4.70. The molecule has 0 spiro atoms. The van der Waals surface area contributed by atoms with E-state index in [1.54, 1.807) is 7.11 Å². The van der Waals surface area contributed by atoms with Gasteiger partial charge >= 0.3 is 0 Å². The molecule has 0 saturated carbocycles. The highest BCUT2D eigenvalue weighted by molar-refractivity contribution is 5.33. The van der Waals surface area contributed by atoms with E-state index < -0.39 is 0 Å². The van der Waals surface area contributed by atoms with Gasteiger partial charge in [0.05, 0.1) is 6.61 Å². The van der Waals surface area contributed by atoms with Gasteiger partial charge in [0.15, 0.2) is 0 Å². The van der Waals surface area contributed by atoms with Crippen LogP contribution in [0.5, 0.6) is 5.75 Å². The van der Waals surface area contributed by atoms with Gasteiger partial charge in [0.25, 0.3) is 0 Å². The van der Waals surface area contributed by atoms with Crippen LogP contribution in [0.25, 0.3) is 0 Å². The van der Waals surface area contributed by atoms with Crippen LogP contribution in [0.2, 0.25) is 0 Å². The lowest BCUT2D eigenvalue weighted by molar-refractivity contribution is 0.0804. The molecule has 0 aliphatic carbocycles. The van der Waals surface area contributed by atoms with Gasteiger partial charge in [0.1, 0.15) is 12.4 Å². The van der Waals surface area contributed by atoms with Crippen molar-refractivity contribution in [2.45, 2.75) is 32.2 Å². The second-order valence-electron chi connectivity index (χ2n) is 4.79. The first-order valence-corrected chi connectivity index (χ1v) is 7.30. The van der Waals surface area contributed by atoms with Crippen molar-refractivity contribution in [2.75, 3.05) is 33.5 Å². The number of nitrogens with two attached hydrogens (primary N) is 1. The van der Waals surface area contributed by atoms with E-state index in [2.05, 4.69) is 13.0 Å². The zero-order valence-electron chi connectivity index (χ0n) is 12.6. The second-order valence-corrected chi connectivity index (χ2v) is 4.79. The lowest BCUT2D eigenvalue weighted by Gasteiger charge is -2.14. The topological polar surface area (TPSA) is 53.7 Å². The van der Waals surface area contributed by atoms with Gasteiger partial charge in [0, 0.05) is 26.4 Å². The van der Waals surface area contributed by atoms with E-state index in [1.165, 1.54) is 5.56 Å². The summed E-state index contributed by atoms with van der Waals surface area (Å²) >= 11 is 0. The van der Waals surface area contributed by atoms with E-state index in [9.17, 15) is 0 Å². The lowest BCUT2D eigenvalue weighted by atomic mass is 10.0. The third-order valence-corrected chi connectivity index (χ3v) is 3.10. The van der Waals surface area contributed by atoms with Crippen LogP contribution in [0.1, 0.15) is 25.3 Å². The Morgan fingerprint density at radius 1 is 1.10 bits per heavy atom. The molecule has 4 heteroatoms. The Morgan fingerprint density at radius 3 is 2.65 bits per heavy atom. The van der Waals surface area contributed by atoms with Gasteiger partial charge in [-0.05, 0) is 30.9 Å². The first-order valence-electron chi connectivity index (χ1n) is 7.30. The molecule has 1 atom stereocenters. The monoisotopic (exact) mass is 281 g/mol. The number of ether oxygens (including phenoxy) is 3. The van der Waals surface area contributed by atoms with E-state index in [1.807, 2.05) is 18.2 Å². The molecule has 0 radical (unpaired) electrons. The Balaban J connectivity index is 2.28. The summed E-state index contributed by atoms with van der Waals surface area (Å²) in [7, 11) is 1.70. The molecule has 2 N–H and O–H groups in total. The molecule has 0 saturated heterocycles. The first kappa shape index (κ1) is 17.0. The molecule has 0 heterocycles. The Morgan fingerprint density at radius 2 is 1.90 bits per heavy atom. The third kappa shape index (κ3) is 6.89. The molecule has 0 aliphatic heterocycles. The average Bonchev–Trinajstić information content (AvgIpc) is 2.47. The summed E-state index contributed by atoms with van der Waals surface area (Å²) in [4.78, 5) is 0. The Labute approximate surface area is 122 Å².